The predicted molar refractivity (Wildman–Crippen MR) is 74.5 cm³/mol. The molecule has 0 saturated carbocycles. The molecule has 3 rings (SSSR count). The van der Waals surface area contributed by atoms with Gasteiger partial charge in [0.1, 0.15) is 5.82 Å². The van der Waals surface area contributed by atoms with Crippen molar-refractivity contribution in [3.05, 3.63) is 23.8 Å². The number of carbonyl (C=O) groups excluding carboxylic acids is 1. The standard InChI is InChI=1S/C15H18F2N2O2/c16-10-8-11(17)14(21-13-4-5-18-15(13)20)9-12(10)19-6-2-1-3-7-19/h8-9,13H,1-7H2,(H,18,20)/t13-/m0/s1. The van der Waals surface area contributed by atoms with Crippen LogP contribution in [0.2, 0.25) is 0 Å². The number of ether oxygens (including phenoxy) is 1. The van der Waals surface area contributed by atoms with Gasteiger partial charge < -0.3 is 15.0 Å². The van der Waals surface area contributed by atoms with E-state index in [2.05, 4.69) is 5.32 Å². The van der Waals surface area contributed by atoms with Crippen LogP contribution >= 0.6 is 0 Å². The lowest BCUT2D eigenvalue weighted by molar-refractivity contribution is -0.124. The second-order valence-corrected chi connectivity index (χ2v) is 5.47. The van der Waals surface area contributed by atoms with Crippen LogP contribution in [0.15, 0.2) is 12.1 Å². The molecule has 2 aliphatic heterocycles. The Labute approximate surface area is 122 Å². The van der Waals surface area contributed by atoms with Crippen molar-refractivity contribution < 1.29 is 18.3 Å². The van der Waals surface area contributed by atoms with Crippen molar-refractivity contribution in [2.45, 2.75) is 31.8 Å². The summed E-state index contributed by atoms with van der Waals surface area (Å²) in [5.74, 6) is -1.66. The highest BCUT2D eigenvalue weighted by atomic mass is 19.1. The number of carbonyl (C=O) groups is 1. The van der Waals surface area contributed by atoms with Gasteiger partial charge in [-0.05, 0) is 19.3 Å². The second-order valence-electron chi connectivity index (χ2n) is 5.47. The molecule has 1 aromatic carbocycles. The van der Waals surface area contributed by atoms with E-state index in [9.17, 15) is 13.6 Å². The van der Waals surface area contributed by atoms with Gasteiger partial charge in [0.25, 0.3) is 5.91 Å². The van der Waals surface area contributed by atoms with Gasteiger partial charge in [-0.2, -0.15) is 0 Å². The van der Waals surface area contributed by atoms with Crippen LogP contribution < -0.4 is 15.0 Å². The van der Waals surface area contributed by atoms with Crippen LogP contribution in [0.4, 0.5) is 14.5 Å². The number of nitrogens with one attached hydrogen (secondary N) is 1. The molecule has 0 aliphatic carbocycles. The zero-order valence-electron chi connectivity index (χ0n) is 11.7. The van der Waals surface area contributed by atoms with E-state index in [4.69, 9.17) is 4.74 Å². The highest BCUT2D eigenvalue weighted by Crippen LogP contribution is 2.31. The van der Waals surface area contributed by atoms with Crippen molar-refractivity contribution in [1.82, 2.24) is 5.32 Å². The van der Waals surface area contributed by atoms with Crippen molar-refractivity contribution in [3.63, 3.8) is 0 Å². The molecule has 2 fully saturated rings. The number of benzene rings is 1. The molecule has 0 aromatic heterocycles. The summed E-state index contributed by atoms with van der Waals surface area (Å²) in [7, 11) is 0. The second kappa shape index (κ2) is 5.87. The summed E-state index contributed by atoms with van der Waals surface area (Å²) in [6.45, 7) is 2.03. The van der Waals surface area contributed by atoms with Gasteiger partial charge in [0.05, 0.1) is 5.69 Å². The minimum Gasteiger partial charge on any atom is -0.477 e. The first-order chi connectivity index (χ1) is 10.1. The number of hydrogen-bond donors (Lipinski definition) is 1. The number of halogens is 2. The largest absolute Gasteiger partial charge is 0.477 e. The van der Waals surface area contributed by atoms with Crippen molar-refractivity contribution in [1.29, 1.82) is 0 Å². The van der Waals surface area contributed by atoms with Gasteiger partial charge in [-0.25, -0.2) is 8.78 Å². The summed E-state index contributed by atoms with van der Waals surface area (Å²) in [4.78, 5) is 13.4. The molecule has 1 amide bonds. The van der Waals surface area contributed by atoms with Crippen LogP contribution in [-0.2, 0) is 4.79 Å². The Bertz CT molecular complexity index is 545. The van der Waals surface area contributed by atoms with Gasteiger partial charge in [0.15, 0.2) is 17.7 Å². The van der Waals surface area contributed by atoms with Crippen LogP contribution in [0.1, 0.15) is 25.7 Å². The Morgan fingerprint density at radius 3 is 2.57 bits per heavy atom. The fourth-order valence-electron chi connectivity index (χ4n) is 2.82. The molecular weight excluding hydrogens is 278 g/mol. The van der Waals surface area contributed by atoms with Crippen molar-refractivity contribution >= 4 is 11.6 Å². The Balaban J connectivity index is 1.84. The average Bonchev–Trinajstić information content (AvgIpc) is 2.88. The number of rotatable bonds is 3. The van der Waals surface area contributed by atoms with E-state index in [0.29, 0.717) is 18.7 Å². The normalized spacial score (nSPS) is 22.3. The number of anilines is 1. The third-order valence-electron chi connectivity index (χ3n) is 3.97. The molecule has 114 valence electrons. The first-order valence-corrected chi connectivity index (χ1v) is 7.33. The Morgan fingerprint density at radius 2 is 1.90 bits per heavy atom. The number of amides is 1. The molecule has 2 heterocycles. The van der Waals surface area contributed by atoms with Crippen molar-refractivity contribution in [3.8, 4) is 5.75 Å². The summed E-state index contributed by atoms with van der Waals surface area (Å²) in [5.41, 5.74) is 0.351. The van der Waals surface area contributed by atoms with Gasteiger partial charge >= 0.3 is 0 Å². The average molecular weight is 296 g/mol. The molecule has 0 unspecified atom stereocenters. The monoisotopic (exact) mass is 296 g/mol. The molecule has 0 radical (unpaired) electrons. The van der Waals surface area contributed by atoms with Crippen LogP contribution in [-0.4, -0.2) is 31.6 Å². The van der Waals surface area contributed by atoms with E-state index in [1.54, 1.807) is 0 Å². The molecule has 1 N–H and O–H groups in total. The lowest BCUT2D eigenvalue weighted by atomic mass is 10.1. The summed E-state index contributed by atoms with van der Waals surface area (Å²) in [6, 6.07) is 2.22. The molecule has 0 bridgehead atoms. The minimum atomic E-state index is -0.770. The van der Waals surface area contributed by atoms with E-state index in [1.165, 1.54) is 6.07 Å². The van der Waals surface area contributed by atoms with Crippen LogP contribution in [0.3, 0.4) is 0 Å². The van der Waals surface area contributed by atoms with Crippen LogP contribution in [0.5, 0.6) is 5.75 Å². The summed E-state index contributed by atoms with van der Waals surface area (Å²) >= 11 is 0. The molecule has 2 saturated heterocycles. The molecule has 21 heavy (non-hydrogen) atoms. The quantitative estimate of drug-likeness (QED) is 0.930. The molecule has 0 spiro atoms. The smallest absolute Gasteiger partial charge is 0.261 e. The lowest BCUT2D eigenvalue weighted by Gasteiger charge is -2.29. The van der Waals surface area contributed by atoms with E-state index >= 15 is 0 Å². The molecule has 1 atom stereocenters. The Kier molecular flexibility index (Phi) is 3.94. The maximum absolute atomic E-state index is 14.0. The van der Waals surface area contributed by atoms with Crippen molar-refractivity contribution in [2.24, 2.45) is 0 Å². The van der Waals surface area contributed by atoms with Crippen LogP contribution in [0, 0.1) is 11.6 Å². The van der Waals surface area contributed by atoms with Crippen molar-refractivity contribution in [2.75, 3.05) is 24.5 Å². The fraction of sp³-hybridized carbons (Fsp3) is 0.533. The fourth-order valence-corrected chi connectivity index (χ4v) is 2.82. The predicted octanol–water partition coefficient (Wildman–Crippen LogP) is 2.22. The first-order valence-electron chi connectivity index (χ1n) is 7.33. The van der Waals surface area contributed by atoms with E-state index in [-0.39, 0.29) is 11.7 Å². The third-order valence-corrected chi connectivity index (χ3v) is 3.97. The number of nitrogens with zero attached hydrogens (tertiary/aromatic N) is 1. The van der Waals surface area contributed by atoms with Gasteiger partial charge in [-0.3, -0.25) is 4.79 Å². The molecular formula is C15H18F2N2O2. The molecule has 6 heteroatoms. The van der Waals surface area contributed by atoms with Gasteiger partial charge in [-0.1, -0.05) is 0 Å². The third kappa shape index (κ3) is 2.94. The highest BCUT2D eigenvalue weighted by molar-refractivity contribution is 5.83. The lowest BCUT2D eigenvalue weighted by Crippen LogP contribution is -2.31. The summed E-state index contributed by atoms with van der Waals surface area (Å²) in [5, 5.41) is 2.63. The molecule has 1 aromatic rings. The van der Waals surface area contributed by atoms with E-state index in [1.807, 2.05) is 4.90 Å². The molecule has 4 nitrogen and oxygen atoms in total. The van der Waals surface area contributed by atoms with E-state index in [0.717, 1.165) is 38.4 Å². The maximum Gasteiger partial charge on any atom is 0.261 e. The zero-order chi connectivity index (χ0) is 14.8. The SMILES string of the molecule is O=C1NCC[C@@H]1Oc1cc(N2CCCCC2)c(F)cc1F. The molecule has 2 aliphatic rings. The number of hydrogen-bond acceptors (Lipinski definition) is 3. The van der Waals surface area contributed by atoms with Crippen LogP contribution in [0.25, 0.3) is 0 Å². The Morgan fingerprint density at radius 1 is 1.14 bits per heavy atom. The van der Waals surface area contributed by atoms with Gasteiger partial charge in [0.2, 0.25) is 0 Å². The topological polar surface area (TPSA) is 41.6 Å². The van der Waals surface area contributed by atoms with Gasteiger partial charge in [0, 0.05) is 38.2 Å². The van der Waals surface area contributed by atoms with Gasteiger partial charge in [-0.15, -0.1) is 0 Å². The number of piperidine rings is 1. The first kappa shape index (κ1) is 14.1. The maximum atomic E-state index is 14.0. The Hall–Kier alpha value is -1.85. The zero-order valence-corrected chi connectivity index (χ0v) is 11.7. The van der Waals surface area contributed by atoms with E-state index < -0.39 is 17.7 Å². The summed E-state index contributed by atoms with van der Waals surface area (Å²) < 4.78 is 33.3. The minimum absolute atomic E-state index is 0.0565. The highest BCUT2D eigenvalue weighted by Gasteiger charge is 2.28. The summed E-state index contributed by atoms with van der Waals surface area (Å²) in [6.07, 6.45) is 2.93.